The lowest BCUT2D eigenvalue weighted by molar-refractivity contribution is -0.141. The van der Waals surface area contributed by atoms with Crippen LogP contribution in [0.3, 0.4) is 0 Å². The molecule has 0 saturated heterocycles. The zero-order valence-corrected chi connectivity index (χ0v) is 6.94. The summed E-state index contributed by atoms with van der Waals surface area (Å²) in [4.78, 5) is 20.5. The molecule has 0 aromatic heterocycles. The van der Waals surface area contributed by atoms with E-state index in [1.807, 2.05) is 0 Å². The molecule has 0 unspecified atom stereocenters. The van der Waals surface area contributed by atoms with Gasteiger partial charge in [-0.15, -0.1) is 12.4 Å². The number of primary amides is 1. The molecule has 6 heteroatoms. The van der Waals surface area contributed by atoms with Gasteiger partial charge >= 0.3 is 12.0 Å². The zero-order chi connectivity index (χ0) is 7.98. The molecule has 2 amide bonds. The van der Waals surface area contributed by atoms with E-state index in [9.17, 15) is 9.59 Å². The van der Waals surface area contributed by atoms with Gasteiger partial charge in [0.05, 0.1) is 6.61 Å². The number of ether oxygens (including phenoxy) is 1. The Labute approximate surface area is 70.7 Å². The summed E-state index contributed by atoms with van der Waals surface area (Å²) < 4.78 is 4.48. The molecule has 0 bridgehead atoms. The molecule has 0 radical (unpaired) electrons. The fraction of sp³-hybridized carbons (Fsp3) is 0.600. The molecule has 0 saturated carbocycles. The van der Waals surface area contributed by atoms with Crippen LogP contribution in [0.15, 0.2) is 0 Å². The van der Waals surface area contributed by atoms with Gasteiger partial charge in [0.15, 0.2) is 0 Å². The number of nitrogens with two attached hydrogens (primary N) is 1. The lowest BCUT2D eigenvalue weighted by atomic mass is 10.6. The van der Waals surface area contributed by atoms with Crippen molar-refractivity contribution in [2.24, 2.45) is 5.73 Å². The van der Waals surface area contributed by atoms with Gasteiger partial charge in [-0.3, -0.25) is 4.79 Å². The lowest BCUT2D eigenvalue weighted by Gasteiger charge is -2.00. The summed E-state index contributed by atoms with van der Waals surface area (Å²) in [5, 5.41) is 2.09. The number of rotatable bonds is 3. The highest BCUT2D eigenvalue weighted by molar-refractivity contribution is 5.85. The van der Waals surface area contributed by atoms with Crippen LogP contribution in [0.4, 0.5) is 4.79 Å². The summed E-state index contributed by atoms with van der Waals surface area (Å²) in [6, 6.07) is -0.729. The number of amides is 2. The zero-order valence-electron chi connectivity index (χ0n) is 6.12. The van der Waals surface area contributed by atoms with E-state index in [-0.39, 0.29) is 19.0 Å². The number of esters is 1. The SMILES string of the molecule is CCOC(=O)CNC(N)=O.Cl. The van der Waals surface area contributed by atoms with Crippen molar-refractivity contribution >= 4 is 24.4 Å². The Kier molecular flexibility index (Phi) is 8.23. The van der Waals surface area contributed by atoms with Crippen LogP contribution >= 0.6 is 12.4 Å². The van der Waals surface area contributed by atoms with Crippen molar-refractivity contribution in [3.8, 4) is 0 Å². The normalized spacial score (nSPS) is 7.73. The predicted octanol–water partition coefficient (Wildman–Crippen LogP) is -0.360. The highest BCUT2D eigenvalue weighted by atomic mass is 35.5. The maximum Gasteiger partial charge on any atom is 0.325 e. The molecule has 0 heterocycles. The highest BCUT2D eigenvalue weighted by Crippen LogP contribution is 1.73. The third-order valence-corrected chi connectivity index (χ3v) is 0.712. The van der Waals surface area contributed by atoms with Gasteiger partial charge in [0.2, 0.25) is 0 Å². The molecule has 0 aromatic rings. The minimum atomic E-state index is -0.729. The molecule has 0 fully saturated rings. The quantitative estimate of drug-likeness (QED) is 0.585. The minimum Gasteiger partial charge on any atom is -0.465 e. The van der Waals surface area contributed by atoms with Gasteiger partial charge in [0.25, 0.3) is 0 Å². The number of halogens is 1. The molecule has 11 heavy (non-hydrogen) atoms. The summed E-state index contributed by atoms with van der Waals surface area (Å²) in [6.07, 6.45) is 0. The van der Waals surface area contributed by atoms with E-state index in [0.717, 1.165) is 0 Å². The fourth-order valence-electron chi connectivity index (χ4n) is 0.371. The van der Waals surface area contributed by atoms with E-state index < -0.39 is 12.0 Å². The standard InChI is InChI=1S/C5H10N2O3.ClH/c1-2-10-4(8)3-7-5(6)9;/h2-3H2,1H3,(H3,6,7,9);1H. The number of carbonyl (C=O) groups excluding carboxylic acids is 2. The van der Waals surface area contributed by atoms with Gasteiger partial charge in [0, 0.05) is 0 Å². The van der Waals surface area contributed by atoms with Gasteiger partial charge < -0.3 is 15.8 Å². The molecule has 0 aliphatic rings. The molecule has 5 nitrogen and oxygen atoms in total. The Balaban J connectivity index is 0. The van der Waals surface area contributed by atoms with Crippen molar-refractivity contribution in [2.75, 3.05) is 13.2 Å². The predicted molar refractivity (Wildman–Crippen MR) is 41.5 cm³/mol. The Hall–Kier alpha value is -0.970. The number of nitrogens with one attached hydrogen (secondary N) is 1. The van der Waals surface area contributed by atoms with Crippen molar-refractivity contribution in [2.45, 2.75) is 6.92 Å². The summed E-state index contributed by atoms with van der Waals surface area (Å²) >= 11 is 0. The van der Waals surface area contributed by atoms with E-state index >= 15 is 0 Å². The van der Waals surface area contributed by atoms with E-state index in [0.29, 0.717) is 6.61 Å². The number of hydrogen-bond donors (Lipinski definition) is 2. The number of hydrogen-bond acceptors (Lipinski definition) is 3. The van der Waals surface area contributed by atoms with Crippen LogP contribution in [0.5, 0.6) is 0 Å². The van der Waals surface area contributed by atoms with Crippen LogP contribution < -0.4 is 11.1 Å². The van der Waals surface area contributed by atoms with Gasteiger partial charge in [-0.25, -0.2) is 4.79 Å². The van der Waals surface area contributed by atoms with Crippen LogP contribution in [-0.2, 0) is 9.53 Å². The Bertz CT molecular complexity index is 140. The van der Waals surface area contributed by atoms with Crippen molar-refractivity contribution in [3.05, 3.63) is 0 Å². The summed E-state index contributed by atoms with van der Waals surface area (Å²) in [7, 11) is 0. The Morgan fingerprint density at radius 1 is 1.55 bits per heavy atom. The molecule has 0 aliphatic heterocycles. The lowest BCUT2D eigenvalue weighted by Crippen LogP contribution is -2.34. The number of carbonyl (C=O) groups is 2. The topological polar surface area (TPSA) is 81.4 Å². The van der Waals surface area contributed by atoms with Crippen LogP contribution in [0.2, 0.25) is 0 Å². The van der Waals surface area contributed by atoms with Gasteiger partial charge in [0.1, 0.15) is 6.54 Å². The van der Waals surface area contributed by atoms with E-state index in [1.54, 1.807) is 6.92 Å². The average Bonchev–Trinajstić information content (AvgIpc) is 1.85. The first kappa shape index (κ1) is 12.7. The second kappa shape index (κ2) is 7.14. The molecule has 0 spiro atoms. The fourth-order valence-corrected chi connectivity index (χ4v) is 0.371. The minimum absolute atomic E-state index is 0. The summed E-state index contributed by atoms with van der Waals surface area (Å²) in [5.41, 5.74) is 4.68. The molecular formula is C5H11ClN2O3. The molecule has 0 rings (SSSR count). The van der Waals surface area contributed by atoms with Crippen LogP contribution in [0.1, 0.15) is 6.92 Å². The van der Waals surface area contributed by atoms with Crippen LogP contribution in [-0.4, -0.2) is 25.2 Å². The Morgan fingerprint density at radius 3 is 2.45 bits per heavy atom. The van der Waals surface area contributed by atoms with E-state index in [2.05, 4.69) is 15.8 Å². The smallest absolute Gasteiger partial charge is 0.325 e. The van der Waals surface area contributed by atoms with Gasteiger partial charge in [-0.05, 0) is 6.92 Å². The van der Waals surface area contributed by atoms with Gasteiger partial charge in [-0.2, -0.15) is 0 Å². The molecule has 0 aliphatic carbocycles. The summed E-state index contributed by atoms with van der Waals surface area (Å²) in [6.45, 7) is 1.82. The average molecular weight is 183 g/mol. The second-order valence-corrected chi connectivity index (χ2v) is 1.52. The first-order valence-corrected chi connectivity index (χ1v) is 2.85. The van der Waals surface area contributed by atoms with E-state index in [4.69, 9.17) is 0 Å². The first-order valence-electron chi connectivity index (χ1n) is 2.85. The maximum absolute atomic E-state index is 10.5. The van der Waals surface area contributed by atoms with Crippen molar-refractivity contribution in [3.63, 3.8) is 0 Å². The Morgan fingerprint density at radius 2 is 2.09 bits per heavy atom. The van der Waals surface area contributed by atoms with Crippen molar-refractivity contribution in [1.82, 2.24) is 5.32 Å². The highest BCUT2D eigenvalue weighted by Gasteiger charge is 2.00. The maximum atomic E-state index is 10.5. The molecule has 66 valence electrons. The van der Waals surface area contributed by atoms with Crippen molar-refractivity contribution < 1.29 is 14.3 Å². The monoisotopic (exact) mass is 182 g/mol. The number of urea groups is 1. The molecule has 0 aromatic carbocycles. The molecule has 3 N–H and O–H groups in total. The van der Waals surface area contributed by atoms with E-state index in [1.165, 1.54) is 0 Å². The third-order valence-electron chi connectivity index (χ3n) is 0.712. The summed E-state index contributed by atoms with van der Waals surface area (Å²) in [5.74, 6) is -0.485. The largest absolute Gasteiger partial charge is 0.465 e. The third kappa shape index (κ3) is 9.03. The van der Waals surface area contributed by atoms with Gasteiger partial charge in [-0.1, -0.05) is 0 Å². The van der Waals surface area contributed by atoms with Crippen LogP contribution in [0.25, 0.3) is 0 Å². The second-order valence-electron chi connectivity index (χ2n) is 1.52. The van der Waals surface area contributed by atoms with Crippen molar-refractivity contribution in [1.29, 1.82) is 0 Å². The van der Waals surface area contributed by atoms with Crippen LogP contribution in [0, 0.1) is 0 Å². The molecular weight excluding hydrogens is 172 g/mol. The first-order chi connectivity index (χ1) is 4.66. The molecule has 0 atom stereocenters.